The fraction of sp³-hybridized carbons (Fsp3) is 0.941. The van der Waals surface area contributed by atoms with Gasteiger partial charge in [-0.25, -0.2) is 0 Å². The first kappa shape index (κ1) is 20.6. The number of aliphatic hydroxyl groups is 1. The minimum Gasteiger partial charge on any atom is -0.517 e. The second-order valence-corrected chi connectivity index (χ2v) is 15.2. The van der Waals surface area contributed by atoms with E-state index in [2.05, 4.69) is 62.3 Å². The van der Waals surface area contributed by atoms with Crippen molar-refractivity contribution in [1.29, 1.82) is 0 Å². The molecule has 0 aliphatic carbocycles. The molecule has 0 heterocycles. The van der Waals surface area contributed by atoms with Crippen molar-refractivity contribution in [3.8, 4) is 0 Å². The van der Waals surface area contributed by atoms with E-state index in [1.807, 2.05) is 0 Å². The van der Waals surface area contributed by atoms with Crippen LogP contribution >= 0.6 is 0 Å². The van der Waals surface area contributed by atoms with Gasteiger partial charge >= 0.3 is 0 Å². The molecule has 3 nitrogen and oxygen atoms in total. The number of aliphatic hydroxyl groups excluding tert-OH is 1. The Bertz CT molecular complexity index is 306. The standard InChI is InChI=1S/C17H36O3Si/c1-15(2,3)21(16(4,5)6,17(7,8)9)20-14(19)12-10-11-13-18/h18H,10-13H2,1-9H3. The molecular weight excluding hydrogens is 280 g/mol. The Hall–Kier alpha value is -0.353. The molecule has 0 saturated heterocycles. The Balaban J connectivity index is 5.58. The average Bonchev–Trinajstić information content (AvgIpc) is 2.20. The van der Waals surface area contributed by atoms with Gasteiger partial charge in [0, 0.05) is 13.0 Å². The molecule has 21 heavy (non-hydrogen) atoms. The third-order valence-electron chi connectivity index (χ3n) is 4.22. The molecule has 0 radical (unpaired) electrons. The summed E-state index contributed by atoms with van der Waals surface area (Å²) in [7, 11) is -2.44. The van der Waals surface area contributed by atoms with E-state index in [0.29, 0.717) is 19.3 Å². The molecule has 0 aliphatic heterocycles. The number of carbonyl (C=O) groups excluding carboxylic acids is 1. The van der Waals surface area contributed by atoms with Crippen LogP contribution in [0, 0.1) is 0 Å². The van der Waals surface area contributed by atoms with Crippen LogP contribution < -0.4 is 0 Å². The molecule has 0 unspecified atom stereocenters. The van der Waals surface area contributed by atoms with Gasteiger partial charge in [0.1, 0.15) is 0 Å². The zero-order chi connectivity index (χ0) is 17.1. The van der Waals surface area contributed by atoms with Gasteiger partial charge in [0.05, 0.1) is 0 Å². The lowest BCUT2D eigenvalue weighted by Crippen LogP contribution is -2.61. The van der Waals surface area contributed by atoms with Crippen LogP contribution in [0.3, 0.4) is 0 Å². The summed E-state index contributed by atoms with van der Waals surface area (Å²) < 4.78 is 6.30. The Morgan fingerprint density at radius 1 is 0.857 bits per heavy atom. The molecule has 126 valence electrons. The first-order valence-corrected chi connectivity index (χ1v) is 9.94. The van der Waals surface area contributed by atoms with Gasteiger partial charge in [0.2, 0.25) is 0 Å². The van der Waals surface area contributed by atoms with E-state index in [1.165, 1.54) is 0 Å². The molecule has 0 aliphatic rings. The van der Waals surface area contributed by atoms with E-state index in [0.717, 1.165) is 0 Å². The third-order valence-corrected chi connectivity index (χ3v) is 11.1. The maximum absolute atomic E-state index is 12.4. The van der Waals surface area contributed by atoms with Gasteiger partial charge in [-0.1, -0.05) is 62.3 Å². The molecule has 4 heteroatoms. The molecule has 0 aromatic carbocycles. The van der Waals surface area contributed by atoms with E-state index < -0.39 is 8.32 Å². The van der Waals surface area contributed by atoms with Crippen LogP contribution in [-0.4, -0.2) is 26.0 Å². The topological polar surface area (TPSA) is 46.5 Å². The fourth-order valence-corrected chi connectivity index (χ4v) is 12.5. The smallest absolute Gasteiger partial charge is 0.292 e. The molecule has 0 rings (SSSR count). The van der Waals surface area contributed by atoms with Crippen LogP contribution in [0.1, 0.15) is 81.6 Å². The zero-order valence-electron chi connectivity index (χ0n) is 15.6. The van der Waals surface area contributed by atoms with Crippen LogP contribution in [0.5, 0.6) is 0 Å². The highest BCUT2D eigenvalue weighted by Crippen LogP contribution is 2.62. The lowest BCUT2D eigenvalue weighted by atomic mass is 10.2. The van der Waals surface area contributed by atoms with Gasteiger partial charge in [-0.2, -0.15) is 0 Å². The Labute approximate surface area is 132 Å². The zero-order valence-corrected chi connectivity index (χ0v) is 16.6. The van der Waals surface area contributed by atoms with Crippen molar-refractivity contribution in [2.75, 3.05) is 6.61 Å². The van der Waals surface area contributed by atoms with Gasteiger partial charge < -0.3 is 9.53 Å². The first-order chi connectivity index (χ1) is 9.20. The first-order valence-electron chi connectivity index (χ1n) is 8.03. The van der Waals surface area contributed by atoms with Crippen LogP contribution in [0.25, 0.3) is 0 Å². The summed E-state index contributed by atoms with van der Waals surface area (Å²) in [6.45, 7) is 20.0. The number of unbranched alkanes of at least 4 members (excludes halogenated alkanes) is 1. The van der Waals surface area contributed by atoms with Gasteiger partial charge in [0.15, 0.2) is 0 Å². The minimum absolute atomic E-state index is 0.0455. The largest absolute Gasteiger partial charge is 0.517 e. The molecule has 0 aromatic rings. The molecule has 1 N–H and O–H groups in total. The fourth-order valence-electron chi connectivity index (χ4n) is 4.44. The van der Waals surface area contributed by atoms with Crippen molar-refractivity contribution >= 4 is 14.3 Å². The summed E-state index contributed by atoms with van der Waals surface area (Å²) in [6.07, 6.45) is 1.75. The van der Waals surface area contributed by atoms with E-state index >= 15 is 0 Å². The van der Waals surface area contributed by atoms with Crippen LogP contribution in [0.2, 0.25) is 15.1 Å². The highest BCUT2D eigenvalue weighted by molar-refractivity contribution is 6.83. The predicted octanol–water partition coefficient (Wildman–Crippen LogP) is 5.04. The minimum atomic E-state index is -2.44. The Morgan fingerprint density at radius 3 is 1.52 bits per heavy atom. The molecule has 0 amide bonds. The molecule has 0 saturated carbocycles. The molecular formula is C17H36O3Si. The number of carbonyl (C=O) groups is 1. The molecule has 0 fully saturated rings. The third kappa shape index (κ3) is 4.56. The van der Waals surface area contributed by atoms with Gasteiger partial charge in [-0.05, 0) is 28.0 Å². The summed E-state index contributed by atoms with van der Waals surface area (Å²) in [4.78, 5) is 12.4. The summed E-state index contributed by atoms with van der Waals surface area (Å²) in [6, 6.07) is 0. The van der Waals surface area contributed by atoms with Crippen molar-refractivity contribution in [1.82, 2.24) is 0 Å². The molecule has 0 spiro atoms. The molecule has 0 atom stereocenters. The number of hydrogen-bond acceptors (Lipinski definition) is 3. The van der Waals surface area contributed by atoms with Gasteiger partial charge in [0.25, 0.3) is 14.3 Å². The second kappa shape index (κ2) is 6.82. The summed E-state index contributed by atoms with van der Waals surface area (Å²) in [5.74, 6) is -0.102. The lowest BCUT2D eigenvalue weighted by molar-refractivity contribution is -0.136. The van der Waals surface area contributed by atoms with Crippen LogP contribution in [-0.2, 0) is 9.22 Å². The van der Waals surface area contributed by atoms with Gasteiger partial charge in [-0.15, -0.1) is 0 Å². The summed E-state index contributed by atoms with van der Waals surface area (Å²) in [5.41, 5.74) is 0. The number of hydrogen-bond donors (Lipinski definition) is 1. The lowest BCUT2D eigenvalue weighted by Gasteiger charge is -2.56. The summed E-state index contributed by atoms with van der Waals surface area (Å²) in [5, 5.41) is 8.72. The van der Waals surface area contributed by atoms with E-state index in [4.69, 9.17) is 9.53 Å². The van der Waals surface area contributed by atoms with Crippen molar-refractivity contribution in [3.05, 3.63) is 0 Å². The van der Waals surface area contributed by atoms with Crippen molar-refractivity contribution < 1.29 is 14.3 Å². The van der Waals surface area contributed by atoms with E-state index in [9.17, 15) is 4.79 Å². The quantitative estimate of drug-likeness (QED) is 0.571. The highest BCUT2D eigenvalue weighted by Gasteiger charge is 2.64. The van der Waals surface area contributed by atoms with E-state index in [1.54, 1.807) is 0 Å². The predicted molar refractivity (Wildman–Crippen MR) is 91.9 cm³/mol. The van der Waals surface area contributed by atoms with Crippen LogP contribution in [0.4, 0.5) is 0 Å². The highest BCUT2D eigenvalue weighted by atomic mass is 28.4. The average molecular weight is 317 g/mol. The molecule has 0 aromatic heterocycles. The normalized spacial score (nSPS) is 14.2. The van der Waals surface area contributed by atoms with Crippen molar-refractivity contribution in [2.45, 2.75) is 96.7 Å². The Morgan fingerprint density at radius 2 is 1.24 bits per heavy atom. The SMILES string of the molecule is CC(C)(C)[Si](OC(=O)CCCCO)(C(C)(C)C)C(C)(C)C. The Kier molecular flexibility index (Phi) is 6.71. The van der Waals surface area contributed by atoms with Crippen LogP contribution in [0.15, 0.2) is 0 Å². The van der Waals surface area contributed by atoms with E-state index in [-0.39, 0.29) is 27.7 Å². The maximum Gasteiger partial charge on any atom is 0.292 e. The second-order valence-electron chi connectivity index (χ2n) is 9.09. The monoisotopic (exact) mass is 316 g/mol. The van der Waals surface area contributed by atoms with Crippen molar-refractivity contribution in [3.63, 3.8) is 0 Å². The summed E-state index contributed by atoms with van der Waals surface area (Å²) >= 11 is 0. The maximum atomic E-state index is 12.4. The molecule has 0 bridgehead atoms. The van der Waals surface area contributed by atoms with Gasteiger partial charge in [-0.3, -0.25) is 4.79 Å². The van der Waals surface area contributed by atoms with Crippen molar-refractivity contribution in [2.24, 2.45) is 0 Å². The number of rotatable bonds is 5.